The average molecular weight is 377 g/mol. The first-order valence-corrected chi connectivity index (χ1v) is 9.08. The average Bonchev–Trinajstić information content (AvgIpc) is 2.98. The first kappa shape index (κ1) is 19.2. The molecule has 0 aromatic heterocycles. The van der Waals surface area contributed by atoms with Crippen molar-refractivity contribution < 1.29 is 23.8 Å². The van der Waals surface area contributed by atoms with Crippen LogP contribution in [-0.2, 0) is 14.3 Å². The Labute approximate surface area is 157 Å². The fourth-order valence-corrected chi connectivity index (χ4v) is 3.47. The molecular weight excluding hydrogens is 353 g/mol. The van der Waals surface area contributed by atoms with Crippen LogP contribution in [0.3, 0.4) is 0 Å². The van der Waals surface area contributed by atoms with Gasteiger partial charge in [-0.25, -0.2) is 9.18 Å². The molecule has 0 spiro atoms. The van der Waals surface area contributed by atoms with Gasteiger partial charge in [-0.3, -0.25) is 4.79 Å². The third-order valence-electron chi connectivity index (χ3n) is 4.87. The number of carbonyl (C=O) groups is 2. The Hall–Kier alpha value is -2.61. The quantitative estimate of drug-likeness (QED) is 0.731. The Morgan fingerprint density at radius 3 is 2.67 bits per heavy atom. The number of nitrogens with zero attached hydrogens (tertiary/aromatic N) is 2. The molecule has 8 heteroatoms. The number of esters is 1. The van der Waals surface area contributed by atoms with Gasteiger partial charge in [0.25, 0.3) is 5.91 Å². The summed E-state index contributed by atoms with van der Waals surface area (Å²) < 4.78 is 19.3. The van der Waals surface area contributed by atoms with Gasteiger partial charge < -0.3 is 25.0 Å². The third-order valence-corrected chi connectivity index (χ3v) is 4.87. The Balaban J connectivity index is 1.82. The second kappa shape index (κ2) is 8.39. The number of nitrogens with one attached hydrogen (secondary N) is 1. The summed E-state index contributed by atoms with van der Waals surface area (Å²) in [5, 5.41) is 12.0. The van der Waals surface area contributed by atoms with Crippen molar-refractivity contribution in [2.45, 2.75) is 19.3 Å². The second-order valence-corrected chi connectivity index (χ2v) is 6.63. The van der Waals surface area contributed by atoms with E-state index in [2.05, 4.69) is 5.32 Å². The van der Waals surface area contributed by atoms with Crippen molar-refractivity contribution in [1.29, 1.82) is 0 Å². The van der Waals surface area contributed by atoms with Crippen LogP contribution in [0.4, 0.5) is 15.8 Å². The minimum absolute atomic E-state index is 0.0444. The van der Waals surface area contributed by atoms with Crippen molar-refractivity contribution in [3.63, 3.8) is 0 Å². The maximum Gasteiger partial charge on any atom is 0.337 e. The molecule has 2 N–H and O–H groups in total. The molecule has 1 aromatic carbocycles. The number of rotatable bonds is 6. The molecule has 0 radical (unpaired) electrons. The molecule has 1 amide bonds. The van der Waals surface area contributed by atoms with E-state index < -0.39 is 11.9 Å². The van der Waals surface area contributed by atoms with Gasteiger partial charge in [0, 0.05) is 25.3 Å². The standard InChI is InChI=1S/C19H24FN3O4/c1-27-19(26)14-12-23(9-10-24)18(25)17(14)21-13-5-6-16(15(20)11-13)22-7-3-2-4-8-22/h5-6,11,21,24H,2-4,7-10,12H2,1H3. The molecule has 1 fully saturated rings. The third kappa shape index (κ3) is 4.05. The van der Waals surface area contributed by atoms with E-state index in [0.717, 1.165) is 32.4 Å². The normalized spacial score (nSPS) is 17.5. The van der Waals surface area contributed by atoms with Gasteiger partial charge in [-0.1, -0.05) is 0 Å². The largest absolute Gasteiger partial charge is 0.466 e. The van der Waals surface area contributed by atoms with Crippen LogP contribution in [-0.4, -0.2) is 61.8 Å². The SMILES string of the molecule is COC(=O)C1=C(Nc2ccc(N3CCCCC3)c(F)c2)C(=O)N(CCO)C1. The molecule has 146 valence electrons. The summed E-state index contributed by atoms with van der Waals surface area (Å²) >= 11 is 0. The number of aliphatic hydroxyl groups is 1. The molecule has 0 atom stereocenters. The highest BCUT2D eigenvalue weighted by Gasteiger charge is 2.34. The Kier molecular flexibility index (Phi) is 5.95. The minimum Gasteiger partial charge on any atom is -0.466 e. The van der Waals surface area contributed by atoms with Crippen molar-refractivity contribution in [2.75, 3.05) is 50.1 Å². The summed E-state index contributed by atoms with van der Waals surface area (Å²) in [6.45, 7) is 1.59. The highest BCUT2D eigenvalue weighted by Crippen LogP contribution is 2.28. The van der Waals surface area contributed by atoms with E-state index in [1.165, 1.54) is 18.1 Å². The molecule has 7 nitrogen and oxygen atoms in total. The predicted molar refractivity (Wildman–Crippen MR) is 98.8 cm³/mol. The molecule has 3 rings (SSSR count). The van der Waals surface area contributed by atoms with Crippen LogP contribution in [0, 0.1) is 5.82 Å². The lowest BCUT2D eigenvalue weighted by Crippen LogP contribution is -2.31. The van der Waals surface area contributed by atoms with Gasteiger partial charge in [-0.05, 0) is 37.5 Å². The Morgan fingerprint density at radius 1 is 1.30 bits per heavy atom. The van der Waals surface area contributed by atoms with Crippen molar-refractivity contribution in [2.24, 2.45) is 0 Å². The molecule has 27 heavy (non-hydrogen) atoms. The number of piperidine rings is 1. The van der Waals surface area contributed by atoms with E-state index in [4.69, 9.17) is 9.84 Å². The van der Waals surface area contributed by atoms with Crippen LogP contribution in [0.2, 0.25) is 0 Å². The van der Waals surface area contributed by atoms with Gasteiger partial charge in [0.15, 0.2) is 0 Å². The number of hydrogen-bond donors (Lipinski definition) is 2. The van der Waals surface area contributed by atoms with Crippen LogP contribution in [0.1, 0.15) is 19.3 Å². The number of carbonyl (C=O) groups excluding carboxylic acids is 2. The van der Waals surface area contributed by atoms with Gasteiger partial charge in [0.05, 0.1) is 31.5 Å². The van der Waals surface area contributed by atoms with E-state index in [1.54, 1.807) is 12.1 Å². The number of methoxy groups -OCH3 is 1. The number of ether oxygens (including phenoxy) is 1. The van der Waals surface area contributed by atoms with Crippen LogP contribution in [0.5, 0.6) is 0 Å². The van der Waals surface area contributed by atoms with Crippen LogP contribution >= 0.6 is 0 Å². The van der Waals surface area contributed by atoms with Crippen molar-refractivity contribution in [3.8, 4) is 0 Å². The Morgan fingerprint density at radius 2 is 2.04 bits per heavy atom. The summed E-state index contributed by atoms with van der Waals surface area (Å²) in [4.78, 5) is 27.9. The lowest BCUT2D eigenvalue weighted by molar-refractivity contribution is -0.136. The van der Waals surface area contributed by atoms with E-state index in [9.17, 15) is 14.0 Å². The zero-order valence-corrected chi connectivity index (χ0v) is 15.3. The Bertz CT molecular complexity index is 759. The zero-order valence-electron chi connectivity index (χ0n) is 15.3. The summed E-state index contributed by atoms with van der Waals surface area (Å²) in [6.07, 6.45) is 3.25. The highest BCUT2D eigenvalue weighted by atomic mass is 19.1. The summed E-state index contributed by atoms with van der Waals surface area (Å²) in [6, 6.07) is 4.71. The van der Waals surface area contributed by atoms with Crippen molar-refractivity contribution in [1.82, 2.24) is 4.90 Å². The van der Waals surface area contributed by atoms with Gasteiger partial charge in [0.2, 0.25) is 0 Å². The number of β-amino-alcohol motifs (C(OH)–C–C–N with tert-alkyl or cyclic N) is 1. The number of aliphatic hydroxyl groups excluding tert-OH is 1. The minimum atomic E-state index is -0.628. The number of hydrogen-bond acceptors (Lipinski definition) is 6. The van der Waals surface area contributed by atoms with Crippen molar-refractivity contribution >= 4 is 23.3 Å². The molecule has 1 saturated heterocycles. The van der Waals surface area contributed by atoms with E-state index in [0.29, 0.717) is 11.4 Å². The fourth-order valence-electron chi connectivity index (χ4n) is 3.47. The van der Waals surface area contributed by atoms with Crippen LogP contribution in [0.25, 0.3) is 0 Å². The first-order valence-electron chi connectivity index (χ1n) is 9.08. The lowest BCUT2D eigenvalue weighted by atomic mass is 10.1. The molecule has 0 bridgehead atoms. The number of benzene rings is 1. The summed E-state index contributed by atoms with van der Waals surface area (Å²) in [5.41, 5.74) is 1.14. The molecule has 0 aliphatic carbocycles. The van der Waals surface area contributed by atoms with Gasteiger partial charge >= 0.3 is 5.97 Å². The van der Waals surface area contributed by atoms with Crippen molar-refractivity contribution in [3.05, 3.63) is 35.3 Å². The maximum absolute atomic E-state index is 14.6. The second-order valence-electron chi connectivity index (χ2n) is 6.63. The monoisotopic (exact) mass is 377 g/mol. The first-order chi connectivity index (χ1) is 13.0. The summed E-state index contributed by atoms with van der Waals surface area (Å²) in [5.74, 6) is -1.43. The van der Waals surface area contributed by atoms with Gasteiger partial charge in [0.1, 0.15) is 11.5 Å². The molecule has 1 aromatic rings. The highest BCUT2D eigenvalue weighted by molar-refractivity contribution is 6.08. The molecule has 2 heterocycles. The molecular formula is C19H24FN3O4. The maximum atomic E-state index is 14.6. The number of amides is 1. The van der Waals surface area contributed by atoms with Gasteiger partial charge in [-0.15, -0.1) is 0 Å². The zero-order chi connectivity index (χ0) is 19.4. The summed E-state index contributed by atoms with van der Waals surface area (Å²) in [7, 11) is 1.24. The molecule has 0 unspecified atom stereocenters. The lowest BCUT2D eigenvalue weighted by Gasteiger charge is -2.29. The van der Waals surface area contributed by atoms with Crippen LogP contribution < -0.4 is 10.2 Å². The smallest absolute Gasteiger partial charge is 0.337 e. The molecule has 2 aliphatic rings. The molecule has 0 saturated carbocycles. The fraction of sp³-hybridized carbons (Fsp3) is 0.474. The van der Waals surface area contributed by atoms with E-state index in [-0.39, 0.29) is 36.8 Å². The van der Waals surface area contributed by atoms with E-state index >= 15 is 0 Å². The van der Waals surface area contributed by atoms with Crippen LogP contribution in [0.15, 0.2) is 29.5 Å². The topological polar surface area (TPSA) is 82.1 Å². The molecule has 2 aliphatic heterocycles. The van der Waals surface area contributed by atoms with Gasteiger partial charge in [-0.2, -0.15) is 0 Å². The number of anilines is 2. The number of halogens is 1. The van der Waals surface area contributed by atoms with E-state index in [1.807, 2.05) is 4.90 Å². The predicted octanol–water partition coefficient (Wildman–Crippen LogP) is 1.49.